The fraction of sp³-hybridized carbons (Fsp3) is 0.261. The van der Waals surface area contributed by atoms with Gasteiger partial charge in [0.05, 0.1) is 21.6 Å². The molecule has 0 spiro atoms. The Morgan fingerprint density at radius 1 is 1.33 bits per heavy atom. The minimum atomic E-state index is -0.551. The van der Waals surface area contributed by atoms with Crippen LogP contribution in [0.1, 0.15) is 41.6 Å². The number of aliphatic hydroxyl groups excluding tert-OH is 1. The fourth-order valence-corrected chi connectivity index (χ4v) is 3.85. The van der Waals surface area contributed by atoms with E-state index >= 15 is 0 Å². The van der Waals surface area contributed by atoms with E-state index in [0.717, 1.165) is 21.8 Å². The third kappa shape index (κ3) is 5.23. The lowest BCUT2D eigenvalue weighted by molar-refractivity contribution is 0.0773. The number of anilines is 2. The Balaban J connectivity index is 1.77. The average molecular weight is 421 g/mol. The summed E-state index contributed by atoms with van der Waals surface area (Å²) in [6.07, 6.45) is 6.99. The number of carbonyl (C=O) groups excluding carboxylic acids is 1. The molecule has 2 heterocycles. The summed E-state index contributed by atoms with van der Waals surface area (Å²) in [6, 6.07) is 13.0. The van der Waals surface area contributed by atoms with Gasteiger partial charge < -0.3 is 15.3 Å². The lowest BCUT2D eigenvalue weighted by Crippen LogP contribution is -2.31. The van der Waals surface area contributed by atoms with Crippen LogP contribution in [-0.2, 0) is 0 Å². The molecular weight excluding hydrogens is 396 g/mol. The van der Waals surface area contributed by atoms with Crippen molar-refractivity contribution >= 4 is 28.9 Å². The molecule has 2 N–H and O–H groups in total. The highest BCUT2D eigenvalue weighted by Crippen LogP contribution is 2.28. The van der Waals surface area contributed by atoms with Crippen LogP contribution >= 0.6 is 11.3 Å². The molecule has 0 bridgehead atoms. The van der Waals surface area contributed by atoms with Gasteiger partial charge in [0.15, 0.2) is 0 Å². The summed E-state index contributed by atoms with van der Waals surface area (Å²) in [5, 5.41) is 12.9. The van der Waals surface area contributed by atoms with Crippen LogP contribution in [0.25, 0.3) is 10.6 Å². The zero-order chi connectivity index (χ0) is 21.5. The maximum Gasteiger partial charge on any atom is 0.263 e. The van der Waals surface area contributed by atoms with Crippen molar-refractivity contribution in [2.45, 2.75) is 26.4 Å². The van der Waals surface area contributed by atoms with Gasteiger partial charge in [-0.05, 0) is 49.7 Å². The highest BCUT2D eigenvalue weighted by molar-refractivity contribution is 7.17. The molecule has 0 aliphatic carbocycles. The van der Waals surface area contributed by atoms with Gasteiger partial charge in [0, 0.05) is 31.4 Å². The van der Waals surface area contributed by atoms with E-state index in [9.17, 15) is 9.90 Å². The summed E-state index contributed by atoms with van der Waals surface area (Å²) >= 11 is 1.40. The normalized spacial score (nSPS) is 11.5. The highest BCUT2D eigenvalue weighted by atomic mass is 32.1. The van der Waals surface area contributed by atoms with Crippen LogP contribution in [-0.4, -0.2) is 39.0 Å². The Morgan fingerprint density at radius 2 is 2.17 bits per heavy atom. The first kappa shape index (κ1) is 21.5. The average Bonchev–Trinajstić information content (AvgIpc) is 3.25. The molecule has 154 valence electrons. The zero-order valence-corrected chi connectivity index (χ0v) is 17.8. The number of terminal acetylenes is 1. The lowest BCUT2D eigenvalue weighted by atomic mass is 10.1. The zero-order valence-electron chi connectivity index (χ0n) is 17.0. The molecule has 0 aliphatic heterocycles. The van der Waals surface area contributed by atoms with Crippen molar-refractivity contribution in [2.75, 3.05) is 18.4 Å². The first-order valence-electron chi connectivity index (χ1n) is 9.73. The molecule has 1 amide bonds. The van der Waals surface area contributed by atoms with Crippen molar-refractivity contribution < 1.29 is 9.90 Å². The number of thiophene rings is 1. The van der Waals surface area contributed by atoms with Crippen molar-refractivity contribution in [1.29, 1.82) is 0 Å². The van der Waals surface area contributed by atoms with Gasteiger partial charge in [0.25, 0.3) is 5.91 Å². The summed E-state index contributed by atoms with van der Waals surface area (Å²) in [6.45, 7) is 4.82. The minimum absolute atomic E-state index is 0.0219. The molecule has 7 heteroatoms. The topological polar surface area (TPSA) is 78.4 Å². The molecule has 1 atom stereocenters. The van der Waals surface area contributed by atoms with Gasteiger partial charge in [-0.2, -0.15) is 0 Å². The van der Waals surface area contributed by atoms with Crippen molar-refractivity contribution in [3.8, 4) is 22.9 Å². The van der Waals surface area contributed by atoms with Crippen molar-refractivity contribution in [3.05, 3.63) is 59.1 Å². The smallest absolute Gasteiger partial charge is 0.263 e. The standard InChI is InChI=1S/C23H24N4O2S/c1-4-6-14-27(5-2)22(29)21-11-10-20(30-21)19-12-13-24-23(26-19)25-18-9-7-8-17(15-18)16(3)28/h1,7-13,15-16,28H,5-6,14H2,2-3H3,(H,24,25,26). The second-order valence-electron chi connectivity index (χ2n) is 6.69. The largest absolute Gasteiger partial charge is 0.389 e. The molecular formula is C23H24N4O2S. The number of rotatable bonds is 8. The molecule has 1 aromatic carbocycles. The van der Waals surface area contributed by atoms with Gasteiger partial charge in [-0.15, -0.1) is 23.7 Å². The van der Waals surface area contributed by atoms with Crippen LogP contribution in [0.5, 0.6) is 0 Å². The number of amides is 1. The molecule has 0 radical (unpaired) electrons. The Hall–Kier alpha value is -3.21. The summed E-state index contributed by atoms with van der Waals surface area (Å²) in [7, 11) is 0. The Kier molecular flexibility index (Phi) is 7.17. The molecule has 0 fully saturated rings. The molecule has 1 unspecified atom stereocenters. The van der Waals surface area contributed by atoms with Gasteiger partial charge in [-0.1, -0.05) is 12.1 Å². The third-order valence-corrected chi connectivity index (χ3v) is 5.64. The number of benzene rings is 1. The minimum Gasteiger partial charge on any atom is -0.389 e. The molecule has 6 nitrogen and oxygen atoms in total. The van der Waals surface area contributed by atoms with Crippen LogP contribution in [0.3, 0.4) is 0 Å². The van der Waals surface area contributed by atoms with Gasteiger partial charge in [0.2, 0.25) is 5.95 Å². The number of hydrogen-bond acceptors (Lipinski definition) is 6. The number of nitrogens with zero attached hydrogens (tertiary/aromatic N) is 3. The van der Waals surface area contributed by atoms with E-state index in [1.54, 1.807) is 18.0 Å². The van der Waals surface area contributed by atoms with Crippen LogP contribution in [0.15, 0.2) is 48.7 Å². The molecule has 3 aromatic rings. The molecule has 0 aliphatic rings. The van der Waals surface area contributed by atoms with Gasteiger partial charge >= 0.3 is 0 Å². The lowest BCUT2D eigenvalue weighted by Gasteiger charge is -2.18. The SMILES string of the molecule is C#CCCN(CC)C(=O)c1ccc(-c2ccnc(Nc3cccc(C(C)O)c3)n2)s1. The summed E-state index contributed by atoms with van der Waals surface area (Å²) < 4.78 is 0. The quantitative estimate of drug-likeness (QED) is 0.525. The second-order valence-corrected chi connectivity index (χ2v) is 7.78. The highest BCUT2D eigenvalue weighted by Gasteiger charge is 2.17. The van der Waals surface area contributed by atoms with Crippen LogP contribution in [0.2, 0.25) is 0 Å². The number of hydrogen-bond donors (Lipinski definition) is 2. The first-order chi connectivity index (χ1) is 14.5. The van der Waals surface area contributed by atoms with E-state index < -0.39 is 6.10 Å². The van der Waals surface area contributed by atoms with E-state index in [0.29, 0.717) is 30.3 Å². The molecule has 0 saturated carbocycles. The summed E-state index contributed by atoms with van der Waals surface area (Å²) in [5.74, 6) is 3.00. The van der Waals surface area contributed by atoms with E-state index in [1.165, 1.54) is 11.3 Å². The maximum atomic E-state index is 12.7. The summed E-state index contributed by atoms with van der Waals surface area (Å²) in [5.41, 5.74) is 2.33. The Morgan fingerprint density at radius 3 is 2.90 bits per heavy atom. The Labute approximate surface area is 180 Å². The van der Waals surface area contributed by atoms with Crippen LogP contribution < -0.4 is 5.32 Å². The first-order valence-corrected chi connectivity index (χ1v) is 10.5. The monoisotopic (exact) mass is 420 g/mol. The maximum absolute atomic E-state index is 12.7. The third-order valence-electron chi connectivity index (χ3n) is 4.54. The second kappa shape index (κ2) is 10.0. The molecule has 3 rings (SSSR count). The van der Waals surface area contributed by atoms with E-state index in [2.05, 4.69) is 21.2 Å². The molecule has 30 heavy (non-hydrogen) atoms. The van der Waals surface area contributed by atoms with E-state index in [-0.39, 0.29) is 5.91 Å². The van der Waals surface area contributed by atoms with Crippen molar-refractivity contribution in [1.82, 2.24) is 14.9 Å². The molecule has 2 aromatic heterocycles. The predicted octanol–water partition coefficient (Wildman–Crippen LogP) is 4.49. The van der Waals surface area contributed by atoms with Crippen molar-refractivity contribution in [3.63, 3.8) is 0 Å². The Bertz CT molecular complexity index is 1060. The summed E-state index contributed by atoms with van der Waals surface area (Å²) in [4.78, 5) is 24.9. The fourth-order valence-electron chi connectivity index (χ4n) is 2.91. The number of aromatic nitrogens is 2. The number of nitrogens with one attached hydrogen (secondary N) is 1. The van der Waals surface area contributed by atoms with E-state index in [4.69, 9.17) is 6.42 Å². The van der Waals surface area contributed by atoms with Gasteiger partial charge in [0.1, 0.15) is 0 Å². The number of aliphatic hydroxyl groups is 1. The van der Waals surface area contributed by atoms with Crippen LogP contribution in [0, 0.1) is 12.3 Å². The molecule has 0 saturated heterocycles. The van der Waals surface area contributed by atoms with Crippen molar-refractivity contribution in [2.24, 2.45) is 0 Å². The van der Waals surface area contributed by atoms with Gasteiger partial charge in [-0.25, -0.2) is 9.97 Å². The van der Waals surface area contributed by atoms with E-state index in [1.807, 2.05) is 49.4 Å². The predicted molar refractivity (Wildman–Crippen MR) is 121 cm³/mol. The van der Waals surface area contributed by atoms with Gasteiger partial charge in [-0.3, -0.25) is 4.79 Å². The van der Waals surface area contributed by atoms with Crippen LogP contribution in [0.4, 0.5) is 11.6 Å². The number of carbonyl (C=O) groups is 1.